The second-order valence-electron chi connectivity index (χ2n) is 4.42. The van der Waals surface area contributed by atoms with Gasteiger partial charge in [0.15, 0.2) is 0 Å². The van der Waals surface area contributed by atoms with Crippen molar-refractivity contribution in [2.24, 2.45) is 0 Å². The Bertz CT molecular complexity index is 367. The van der Waals surface area contributed by atoms with Crippen molar-refractivity contribution in [2.75, 3.05) is 6.54 Å². The first-order valence-electron chi connectivity index (χ1n) is 5.87. The lowest BCUT2D eigenvalue weighted by Gasteiger charge is -2.08. The van der Waals surface area contributed by atoms with E-state index in [1.807, 2.05) is 0 Å². The van der Waals surface area contributed by atoms with Crippen molar-refractivity contribution >= 4 is 15.9 Å². The fourth-order valence-corrected chi connectivity index (χ4v) is 1.90. The Morgan fingerprint density at radius 2 is 1.88 bits per heavy atom. The molecule has 0 aromatic heterocycles. The Balaban J connectivity index is 2.39. The molecule has 96 valence electrons. The minimum atomic E-state index is -0.401. The molecule has 0 aliphatic carbocycles. The molecule has 0 unspecified atom stereocenters. The molecule has 0 atom stereocenters. The number of hydrogen-bond donors (Lipinski definition) is 1. The number of aryl methyl sites for hydroxylation is 1. The van der Waals surface area contributed by atoms with Gasteiger partial charge in [0.2, 0.25) is 0 Å². The van der Waals surface area contributed by atoms with E-state index in [4.69, 9.17) is 0 Å². The van der Waals surface area contributed by atoms with Gasteiger partial charge in [-0.05, 0) is 59.4 Å². The molecule has 0 amide bonds. The third-order valence-electron chi connectivity index (χ3n) is 2.51. The first-order valence-corrected chi connectivity index (χ1v) is 6.67. The Hall–Kier alpha value is -0.480. The molecule has 0 bridgehead atoms. The highest BCUT2D eigenvalue weighted by Crippen LogP contribution is 2.21. The largest absolute Gasteiger partial charge is 0.315 e. The van der Waals surface area contributed by atoms with Crippen molar-refractivity contribution in [3.8, 4) is 0 Å². The van der Waals surface area contributed by atoms with Crippen LogP contribution in [0.4, 0.5) is 8.78 Å². The van der Waals surface area contributed by atoms with Gasteiger partial charge in [0, 0.05) is 6.04 Å². The minimum Gasteiger partial charge on any atom is -0.315 e. The van der Waals surface area contributed by atoms with Gasteiger partial charge < -0.3 is 5.32 Å². The summed E-state index contributed by atoms with van der Waals surface area (Å²) in [6, 6.07) is 2.93. The van der Waals surface area contributed by atoms with Crippen LogP contribution in [0.5, 0.6) is 0 Å². The molecule has 1 nitrogen and oxygen atoms in total. The van der Waals surface area contributed by atoms with E-state index in [-0.39, 0.29) is 10.3 Å². The predicted molar refractivity (Wildman–Crippen MR) is 70.1 cm³/mol. The smallest absolute Gasteiger partial charge is 0.137 e. The van der Waals surface area contributed by atoms with Crippen molar-refractivity contribution in [2.45, 2.75) is 39.2 Å². The first-order chi connectivity index (χ1) is 8.00. The van der Waals surface area contributed by atoms with Crippen molar-refractivity contribution in [3.05, 3.63) is 33.8 Å². The molecule has 0 spiro atoms. The maximum absolute atomic E-state index is 13.5. The van der Waals surface area contributed by atoms with Crippen LogP contribution in [-0.2, 0) is 6.42 Å². The third kappa shape index (κ3) is 5.13. The maximum Gasteiger partial charge on any atom is 0.137 e. The van der Waals surface area contributed by atoms with Crippen molar-refractivity contribution in [1.29, 1.82) is 0 Å². The fraction of sp³-hybridized carbons (Fsp3) is 0.538. The van der Waals surface area contributed by atoms with E-state index < -0.39 is 5.82 Å². The number of unbranched alkanes of at least 4 members (excludes halogenated alkanes) is 1. The summed E-state index contributed by atoms with van der Waals surface area (Å²) in [4.78, 5) is 0. The van der Waals surface area contributed by atoms with Crippen LogP contribution >= 0.6 is 15.9 Å². The van der Waals surface area contributed by atoms with Gasteiger partial charge in [0.05, 0.1) is 4.47 Å². The second kappa shape index (κ2) is 7.07. The summed E-state index contributed by atoms with van der Waals surface area (Å²) in [5.41, 5.74) is 0.454. The van der Waals surface area contributed by atoms with Gasteiger partial charge in [-0.25, -0.2) is 8.78 Å². The van der Waals surface area contributed by atoms with E-state index in [0.717, 1.165) is 19.4 Å². The predicted octanol–water partition coefficient (Wildman–Crippen LogP) is 4.05. The van der Waals surface area contributed by atoms with E-state index in [2.05, 4.69) is 35.1 Å². The van der Waals surface area contributed by atoms with E-state index in [1.165, 1.54) is 12.1 Å². The number of hydrogen-bond acceptors (Lipinski definition) is 1. The molecule has 0 aliphatic rings. The summed E-state index contributed by atoms with van der Waals surface area (Å²) >= 11 is 2.96. The molecule has 1 rings (SSSR count). The molecular formula is C13H18BrF2N. The lowest BCUT2D eigenvalue weighted by atomic mass is 10.1. The zero-order valence-electron chi connectivity index (χ0n) is 10.2. The van der Waals surface area contributed by atoms with E-state index in [0.29, 0.717) is 18.0 Å². The zero-order chi connectivity index (χ0) is 12.8. The van der Waals surface area contributed by atoms with Gasteiger partial charge in [-0.2, -0.15) is 0 Å². The van der Waals surface area contributed by atoms with Gasteiger partial charge in [-0.15, -0.1) is 0 Å². The van der Waals surface area contributed by atoms with E-state index >= 15 is 0 Å². The highest BCUT2D eigenvalue weighted by atomic mass is 79.9. The zero-order valence-corrected chi connectivity index (χ0v) is 11.8. The highest BCUT2D eigenvalue weighted by Gasteiger charge is 2.07. The lowest BCUT2D eigenvalue weighted by molar-refractivity contribution is 0.545. The lowest BCUT2D eigenvalue weighted by Crippen LogP contribution is -2.23. The van der Waals surface area contributed by atoms with Crippen molar-refractivity contribution in [3.63, 3.8) is 0 Å². The molecule has 1 N–H and O–H groups in total. The van der Waals surface area contributed by atoms with Gasteiger partial charge in [-0.1, -0.05) is 13.8 Å². The monoisotopic (exact) mass is 305 g/mol. The van der Waals surface area contributed by atoms with Crippen LogP contribution in [0.2, 0.25) is 0 Å². The molecule has 0 saturated heterocycles. The summed E-state index contributed by atoms with van der Waals surface area (Å²) in [6.45, 7) is 5.09. The average Bonchev–Trinajstić information content (AvgIpc) is 2.24. The summed E-state index contributed by atoms with van der Waals surface area (Å²) in [6.07, 6.45) is 2.41. The van der Waals surface area contributed by atoms with Gasteiger partial charge in [-0.3, -0.25) is 0 Å². The van der Waals surface area contributed by atoms with Crippen LogP contribution in [0, 0.1) is 11.6 Å². The fourth-order valence-electron chi connectivity index (χ4n) is 1.59. The molecule has 0 radical (unpaired) electrons. The summed E-state index contributed by atoms with van der Waals surface area (Å²) in [5.74, 6) is -0.739. The summed E-state index contributed by atoms with van der Waals surface area (Å²) in [5, 5.41) is 3.29. The molecule has 0 aliphatic heterocycles. The first kappa shape index (κ1) is 14.6. The normalized spacial score (nSPS) is 11.2. The average molecular weight is 306 g/mol. The molecule has 0 fully saturated rings. The summed E-state index contributed by atoms with van der Waals surface area (Å²) < 4.78 is 26.9. The van der Waals surface area contributed by atoms with Gasteiger partial charge >= 0.3 is 0 Å². The maximum atomic E-state index is 13.5. The molecule has 4 heteroatoms. The van der Waals surface area contributed by atoms with Crippen LogP contribution in [0.3, 0.4) is 0 Å². The number of halogens is 3. The molecule has 17 heavy (non-hydrogen) atoms. The second-order valence-corrected chi connectivity index (χ2v) is 5.28. The Morgan fingerprint density at radius 1 is 1.18 bits per heavy atom. The van der Waals surface area contributed by atoms with Crippen LogP contribution in [0.25, 0.3) is 0 Å². The third-order valence-corrected chi connectivity index (χ3v) is 3.12. The van der Waals surface area contributed by atoms with Gasteiger partial charge in [0.1, 0.15) is 11.6 Å². The van der Waals surface area contributed by atoms with Crippen LogP contribution < -0.4 is 5.32 Å². The van der Waals surface area contributed by atoms with Crippen LogP contribution in [0.1, 0.15) is 32.3 Å². The number of nitrogens with one attached hydrogen (secondary N) is 1. The molecular weight excluding hydrogens is 288 g/mol. The van der Waals surface area contributed by atoms with Crippen molar-refractivity contribution < 1.29 is 8.78 Å². The van der Waals surface area contributed by atoms with Crippen LogP contribution in [-0.4, -0.2) is 12.6 Å². The van der Waals surface area contributed by atoms with E-state index in [9.17, 15) is 8.78 Å². The van der Waals surface area contributed by atoms with Crippen LogP contribution in [0.15, 0.2) is 16.6 Å². The molecule has 1 aromatic carbocycles. The standard InChI is InChI=1S/C13H18BrF2N/c1-9(2)17-6-4-3-5-10-7-13(16)11(14)8-12(10)15/h7-9,17H,3-6H2,1-2H3. The van der Waals surface area contributed by atoms with Crippen molar-refractivity contribution in [1.82, 2.24) is 5.32 Å². The quantitative estimate of drug-likeness (QED) is 0.617. The highest BCUT2D eigenvalue weighted by molar-refractivity contribution is 9.10. The topological polar surface area (TPSA) is 12.0 Å². The van der Waals surface area contributed by atoms with E-state index in [1.54, 1.807) is 0 Å². The SMILES string of the molecule is CC(C)NCCCCc1cc(F)c(Br)cc1F. The summed E-state index contributed by atoms with van der Waals surface area (Å²) in [7, 11) is 0. The Kier molecular flexibility index (Phi) is 6.06. The minimum absolute atomic E-state index is 0.181. The Labute approximate surface area is 110 Å². The molecule has 1 aromatic rings. The number of rotatable bonds is 6. The molecule has 0 saturated carbocycles. The number of benzene rings is 1. The Morgan fingerprint density at radius 3 is 2.53 bits per heavy atom. The molecule has 0 heterocycles. The van der Waals surface area contributed by atoms with Gasteiger partial charge in [0.25, 0.3) is 0 Å².